The molecular weight excluding hydrogens is 404 g/mol. The molecule has 0 saturated carbocycles. The maximum absolute atomic E-state index is 5.72. The molecule has 0 fully saturated rings. The van der Waals surface area contributed by atoms with Gasteiger partial charge < -0.3 is 19.7 Å². The van der Waals surface area contributed by atoms with Crippen LogP contribution in [-0.2, 0) is 4.74 Å². The predicted octanol–water partition coefficient (Wildman–Crippen LogP) is 4.34. The first-order chi connectivity index (χ1) is 15.7. The van der Waals surface area contributed by atoms with Crippen molar-refractivity contribution in [2.45, 2.75) is 6.92 Å². The molecule has 1 aliphatic heterocycles. The first kappa shape index (κ1) is 22.5. The van der Waals surface area contributed by atoms with Crippen molar-refractivity contribution in [3.8, 4) is 5.75 Å². The lowest BCUT2D eigenvalue weighted by molar-refractivity contribution is 0.271. The number of benzene rings is 1. The Morgan fingerprint density at radius 2 is 2.03 bits per heavy atom. The van der Waals surface area contributed by atoms with Gasteiger partial charge in [-0.15, -0.1) is 0 Å². The highest BCUT2D eigenvalue weighted by atomic mass is 16.5. The molecule has 0 unspecified atom stereocenters. The van der Waals surface area contributed by atoms with Crippen LogP contribution >= 0.6 is 0 Å². The van der Waals surface area contributed by atoms with Crippen LogP contribution in [0.4, 0.5) is 5.69 Å². The van der Waals surface area contributed by atoms with Gasteiger partial charge in [-0.1, -0.05) is 0 Å². The second kappa shape index (κ2) is 11.3. The second-order valence-corrected chi connectivity index (χ2v) is 6.66. The van der Waals surface area contributed by atoms with Gasteiger partial charge in [0, 0.05) is 29.9 Å². The number of nitrogens with zero attached hydrogens (tertiary/aromatic N) is 5. The number of methoxy groups -OCH3 is 1. The van der Waals surface area contributed by atoms with Gasteiger partial charge in [0.05, 0.1) is 24.2 Å². The second-order valence-electron chi connectivity index (χ2n) is 6.66. The van der Waals surface area contributed by atoms with Gasteiger partial charge in [0.2, 0.25) is 0 Å². The number of rotatable bonds is 10. The van der Waals surface area contributed by atoms with Gasteiger partial charge in [0.25, 0.3) is 0 Å². The SMILES string of the molecule is C=NC(=C\OCNc1ccc(OC)cc1)/C(=C(\C)N=C)N1CN=CC=C1c1cccnc1. The van der Waals surface area contributed by atoms with Crippen LogP contribution in [0.25, 0.3) is 5.70 Å². The van der Waals surface area contributed by atoms with Crippen LogP contribution in [0.15, 0.2) is 93.2 Å². The highest BCUT2D eigenvalue weighted by molar-refractivity contribution is 5.86. The monoisotopic (exact) mass is 430 g/mol. The summed E-state index contributed by atoms with van der Waals surface area (Å²) in [6.45, 7) is 9.89. The largest absolute Gasteiger partial charge is 0.497 e. The number of hydrogen-bond donors (Lipinski definition) is 1. The molecule has 1 aromatic carbocycles. The Balaban J connectivity index is 1.80. The van der Waals surface area contributed by atoms with Crippen molar-refractivity contribution in [2.75, 3.05) is 25.8 Å². The molecule has 3 rings (SSSR count). The third-order valence-corrected chi connectivity index (χ3v) is 4.72. The smallest absolute Gasteiger partial charge is 0.158 e. The minimum absolute atomic E-state index is 0.239. The Bertz CT molecular complexity index is 1060. The zero-order valence-corrected chi connectivity index (χ0v) is 18.2. The maximum Gasteiger partial charge on any atom is 0.158 e. The van der Waals surface area contributed by atoms with E-state index in [1.165, 1.54) is 0 Å². The van der Waals surface area contributed by atoms with Crippen molar-refractivity contribution in [1.29, 1.82) is 0 Å². The Hall–Kier alpha value is -4.20. The van der Waals surface area contributed by atoms with E-state index in [4.69, 9.17) is 9.47 Å². The molecule has 8 nitrogen and oxygen atoms in total. The minimum atomic E-state index is 0.239. The quantitative estimate of drug-likeness (QED) is 0.199. The summed E-state index contributed by atoms with van der Waals surface area (Å²) in [6, 6.07) is 11.4. The number of aliphatic imine (C=N–C) groups is 3. The molecular formula is C24H26N6O2. The number of hydrogen-bond acceptors (Lipinski definition) is 8. The van der Waals surface area contributed by atoms with Crippen LogP contribution < -0.4 is 10.1 Å². The highest BCUT2D eigenvalue weighted by Crippen LogP contribution is 2.31. The molecule has 0 aliphatic carbocycles. The lowest BCUT2D eigenvalue weighted by Gasteiger charge is -2.30. The number of pyridine rings is 1. The fraction of sp³-hybridized carbons (Fsp3) is 0.167. The van der Waals surface area contributed by atoms with E-state index < -0.39 is 0 Å². The summed E-state index contributed by atoms with van der Waals surface area (Å²) in [5.74, 6) is 0.790. The molecule has 0 spiro atoms. The summed E-state index contributed by atoms with van der Waals surface area (Å²) in [6.07, 6.45) is 8.77. The molecule has 2 heterocycles. The molecule has 164 valence electrons. The number of aromatic nitrogens is 1. The van der Waals surface area contributed by atoms with Gasteiger partial charge in [-0.3, -0.25) is 20.0 Å². The normalized spacial score (nSPS) is 14.2. The van der Waals surface area contributed by atoms with Crippen LogP contribution in [-0.4, -0.2) is 50.0 Å². The average Bonchev–Trinajstić information content (AvgIpc) is 2.86. The lowest BCUT2D eigenvalue weighted by atomic mass is 10.1. The summed E-state index contributed by atoms with van der Waals surface area (Å²) >= 11 is 0. The summed E-state index contributed by atoms with van der Waals surface area (Å²) in [4.78, 5) is 18.9. The van der Waals surface area contributed by atoms with Crippen molar-refractivity contribution >= 4 is 31.0 Å². The number of nitrogens with one attached hydrogen (secondary N) is 1. The van der Waals surface area contributed by atoms with Crippen molar-refractivity contribution in [2.24, 2.45) is 15.0 Å². The standard InChI is InChI=1S/C24H26N6O2/c1-18(25-2)24(30-16-28-13-11-23(30)19-6-5-12-27-14-19)22(26-3)15-32-17-29-20-7-9-21(31-4)10-8-20/h5-15,29H,2-3,16-17H2,1,4H3/b22-15-,24-18-. The van der Waals surface area contributed by atoms with E-state index in [1.54, 1.807) is 32.0 Å². The van der Waals surface area contributed by atoms with Gasteiger partial charge in [-0.25, -0.2) is 0 Å². The van der Waals surface area contributed by atoms with E-state index in [0.717, 1.165) is 22.7 Å². The molecule has 0 atom stereocenters. The Morgan fingerprint density at radius 1 is 1.22 bits per heavy atom. The number of ether oxygens (including phenoxy) is 2. The van der Waals surface area contributed by atoms with Gasteiger partial charge in [0.15, 0.2) is 6.73 Å². The molecule has 1 aliphatic rings. The van der Waals surface area contributed by atoms with Crippen LogP contribution in [0.5, 0.6) is 5.75 Å². The molecule has 8 heteroatoms. The summed E-state index contributed by atoms with van der Waals surface area (Å²) in [7, 11) is 1.63. The fourth-order valence-corrected chi connectivity index (χ4v) is 3.09. The van der Waals surface area contributed by atoms with Crippen molar-refractivity contribution in [3.05, 3.63) is 83.8 Å². The van der Waals surface area contributed by atoms with Gasteiger partial charge in [0.1, 0.15) is 24.4 Å². The molecule has 0 amide bonds. The van der Waals surface area contributed by atoms with Gasteiger partial charge in [-0.05, 0) is 62.8 Å². The van der Waals surface area contributed by atoms with Gasteiger partial charge in [-0.2, -0.15) is 0 Å². The van der Waals surface area contributed by atoms with Gasteiger partial charge >= 0.3 is 0 Å². The molecule has 0 saturated heterocycles. The van der Waals surface area contributed by atoms with E-state index in [9.17, 15) is 0 Å². The van der Waals surface area contributed by atoms with E-state index in [0.29, 0.717) is 23.8 Å². The first-order valence-corrected chi connectivity index (χ1v) is 9.90. The molecule has 0 bridgehead atoms. The van der Waals surface area contributed by atoms with E-state index in [2.05, 4.69) is 38.7 Å². The Labute approximate surface area is 188 Å². The maximum atomic E-state index is 5.72. The Kier molecular flexibility index (Phi) is 7.91. The lowest BCUT2D eigenvalue weighted by Crippen LogP contribution is -2.26. The van der Waals surface area contributed by atoms with E-state index >= 15 is 0 Å². The van der Waals surface area contributed by atoms with Crippen molar-refractivity contribution in [3.63, 3.8) is 0 Å². The van der Waals surface area contributed by atoms with Crippen LogP contribution in [0, 0.1) is 0 Å². The topological polar surface area (TPSA) is 83.7 Å². The number of anilines is 1. The fourth-order valence-electron chi connectivity index (χ4n) is 3.09. The van der Waals surface area contributed by atoms with Crippen LogP contribution in [0.2, 0.25) is 0 Å². The highest BCUT2D eigenvalue weighted by Gasteiger charge is 2.23. The molecule has 1 aromatic heterocycles. The molecule has 32 heavy (non-hydrogen) atoms. The molecule has 1 N–H and O–H groups in total. The molecule has 0 radical (unpaired) electrons. The summed E-state index contributed by atoms with van der Waals surface area (Å²) in [5, 5.41) is 3.18. The predicted molar refractivity (Wildman–Crippen MR) is 130 cm³/mol. The summed E-state index contributed by atoms with van der Waals surface area (Å²) in [5.41, 5.74) is 4.64. The number of allylic oxidation sites excluding steroid dienone is 2. The minimum Gasteiger partial charge on any atom is -0.497 e. The first-order valence-electron chi connectivity index (χ1n) is 9.90. The zero-order valence-electron chi connectivity index (χ0n) is 18.2. The van der Waals surface area contributed by atoms with Crippen LogP contribution in [0.3, 0.4) is 0 Å². The van der Waals surface area contributed by atoms with Crippen molar-refractivity contribution < 1.29 is 9.47 Å². The van der Waals surface area contributed by atoms with Crippen molar-refractivity contribution in [1.82, 2.24) is 9.88 Å². The third-order valence-electron chi connectivity index (χ3n) is 4.72. The summed E-state index contributed by atoms with van der Waals surface area (Å²) < 4.78 is 10.9. The zero-order chi connectivity index (χ0) is 22.8. The van der Waals surface area contributed by atoms with Crippen LogP contribution in [0.1, 0.15) is 12.5 Å². The molecule has 2 aromatic rings. The average molecular weight is 431 g/mol. The third kappa shape index (κ3) is 5.48. The van der Waals surface area contributed by atoms with E-state index in [1.807, 2.05) is 54.3 Å². The Morgan fingerprint density at radius 3 is 2.69 bits per heavy atom. The van der Waals surface area contributed by atoms with E-state index in [-0.39, 0.29) is 6.73 Å².